The van der Waals surface area contributed by atoms with Gasteiger partial charge in [0.15, 0.2) is 5.82 Å². The van der Waals surface area contributed by atoms with Crippen LogP contribution in [0.25, 0.3) is 0 Å². The molecular weight excluding hydrogens is 268 g/mol. The number of aromatic nitrogens is 2. The van der Waals surface area contributed by atoms with Crippen molar-refractivity contribution in [3.05, 3.63) is 28.1 Å². The standard InChI is InChI=1S/C15H24N4S/c1-5-7-13-14(16)15(18(4)17-13)19(11(2)3)10-12-8-6-9-20-12/h6,8-9,11H,5,7,10,16H2,1-4H3. The van der Waals surface area contributed by atoms with E-state index < -0.39 is 0 Å². The third-order valence-corrected chi connectivity index (χ3v) is 4.28. The minimum atomic E-state index is 0.379. The smallest absolute Gasteiger partial charge is 0.150 e. The molecule has 5 heteroatoms. The van der Waals surface area contributed by atoms with Gasteiger partial charge in [-0.1, -0.05) is 19.4 Å². The summed E-state index contributed by atoms with van der Waals surface area (Å²) < 4.78 is 1.92. The Morgan fingerprint density at radius 1 is 1.45 bits per heavy atom. The van der Waals surface area contributed by atoms with Gasteiger partial charge >= 0.3 is 0 Å². The molecule has 2 aromatic rings. The number of hydrogen-bond donors (Lipinski definition) is 1. The molecule has 0 bridgehead atoms. The summed E-state index contributed by atoms with van der Waals surface area (Å²) in [4.78, 5) is 3.67. The summed E-state index contributed by atoms with van der Waals surface area (Å²) in [6.45, 7) is 7.42. The molecule has 0 amide bonds. The summed E-state index contributed by atoms with van der Waals surface area (Å²) >= 11 is 1.78. The van der Waals surface area contributed by atoms with Crippen molar-refractivity contribution < 1.29 is 0 Å². The van der Waals surface area contributed by atoms with E-state index in [9.17, 15) is 0 Å². The largest absolute Gasteiger partial charge is 0.394 e. The number of anilines is 2. The molecule has 2 heterocycles. The first-order chi connectivity index (χ1) is 9.54. The molecule has 20 heavy (non-hydrogen) atoms. The van der Waals surface area contributed by atoms with E-state index in [4.69, 9.17) is 5.73 Å². The fraction of sp³-hybridized carbons (Fsp3) is 0.533. The second-order valence-electron chi connectivity index (χ2n) is 5.36. The van der Waals surface area contributed by atoms with Gasteiger partial charge in [-0.15, -0.1) is 11.3 Å². The van der Waals surface area contributed by atoms with E-state index in [1.165, 1.54) is 4.88 Å². The van der Waals surface area contributed by atoms with Crippen LogP contribution >= 0.6 is 11.3 Å². The average molecular weight is 292 g/mol. The van der Waals surface area contributed by atoms with Gasteiger partial charge in [-0.25, -0.2) is 0 Å². The quantitative estimate of drug-likeness (QED) is 0.887. The normalized spacial score (nSPS) is 11.2. The molecule has 4 nitrogen and oxygen atoms in total. The first-order valence-corrected chi connectivity index (χ1v) is 8.02. The Morgan fingerprint density at radius 3 is 2.75 bits per heavy atom. The van der Waals surface area contributed by atoms with Crippen LogP contribution in [0.2, 0.25) is 0 Å². The number of nitrogen functional groups attached to an aromatic ring is 1. The molecule has 0 unspecified atom stereocenters. The third-order valence-electron chi connectivity index (χ3n) is 3.42. The molecule has 0 spiro atoms. The molecular formula is C15H24N4S. The zero-order valence-electron chi connectivity index (χ0n) is 12.8. The van der Waals surface area contributed by atoms with Crippen molar-refractivity contribution in [3.63, 3.8) is 0 Å². The minimum absolute atomic E-state index is 0.379. The summed E-state index contributed by atoms with van der Waals surface area (Å²) in [6.07, 6.45) is 2.00. The molecule has 0 aliphatic heterocycles. The first-order valence-electron chi connectivity index (χ1n) is 7.15. The van der Waals surface area contributed by atoms with Crippen molar-refractivity contribution in [2.24, 2.45) is 7.05 Å². The number of aryl methyl sites for hydroxylation is 2. The highest BCUT2D eigenvalue weighted by molar-refractivity contribution is 7.09. The summed E-state index contributed by atoms with van der Waals surface area (Å²) in [5, 5.41) is 6.70. The lowest BCUT2D eigenvalue weighted by atomic mass is 10.2. The highest BCUT2D eigenvalue weighted by atomic mass is 32.1. The molecule has 0 aliphatic rings. The highest BCUT2D eigenvalue weighted by Crippen LogP contribution is 2.30. The van der Waals surface area contributed by atoms with Crippen molar-refractivity contribution >= 4 is 22.8 Å². The van der Waals surface area contributed by atoms with Gasteiger partial charge < -0.3 is 10.6 Å². The van der Waals surface area contributed by atoms with E-state index in [0.717, 1.165) is 36.6 Å². The molecule has 0 aromatic carbocycles. The Labute approximate surface area is 125 Å². The zero-order valence-corrected chi connectivity index (χ0v) is 13.6. The molecule has 2 rings (SSSR count). The van der Waals surface area contributed by atoms with Crippen LogP contribution in [0.5, 0.6) is 0 Å². The Bertz CT molecular complexity index is 542. The Morgan fingerprint density at radius 2 is 2.20 bits per heavy atom. The van der Waals surface area contributed by atoms with Crippen LogP contribution in [-0.4, -0.2) is 15.8 Å². The maximum Gasteiger partial charge on any atom is 0.150 e. The lowest BCUT2D eigenvalue weighted by Gasteiger charge is -2.28. The van der Waals surface area contributed by atoms with Gasteiger partial charge in [-0.3, -0.25) is 4.68 Å². The second kappa shape index (κ2) is 6.31. The molecule has 0 atom stereocenters. The number of hydrogen-bond acceptors (Lipinski definition) is 4. The van der Waals surface area contributed by atoms with Crippen molar-refractivity contribution in [2.45, 2.75) is 46.2 Å². The van der Waals surface area contributed by atoms with E-state index >= 15 is 0 Å². The van der Waals surface area contributed by atoms with E-state index in [-0.39, 0.29) is 0 Å². The van der Waals surface area contributed by atoms with E-state index in [1.54, 1.807) is 11.3 Å². The lowest BCUT2D eigenvalue weighted by molar-refractivity contribution is 0.636. The third kappa shape index (κ3) is 2.98. The number of rotatable bonds is 6. The molecule has 2 N–H and O–H groups in total. The number of nitrogens with zero attached hydrogens (tertiary/aromatic N) is 3. The van der Waals surface area contributed by atoms with Crippen molar-refractivity contribution in [3.8, 4) is 0 Å². The van der Waals surface area contributed by atoms with E-state index in [0.29, 0.717) is 6.04 Å². The summed E-state index contributed by atoms with van der Waals surface area (Å²) in [6, 6.07) is 4.64. The predicted molar refractivity (Wildman–Crippen MR) is 87.3 cm³/mol. The predicted octanol–water partition coefficient (Wildman–Crippen LogP) is 3.43. The molecule has 0 saturated heterocycles. The molecule has 0 fully saturated rings. The van der Waals surface area contributed by atoms with Crippen LogP contribution in [0.3, 0.4) is 0 Å². The van der Waals surface area contributed by atoms with E-state index in [1.807, 2.05) is 11.7 Å². The molecule has 0 radical (unpaired) electrons. The molecule has 0 aliphatic carbocycles. The fourth-order valence-electron chi connectivity index (χ4n) is 2.42. The summed E-state index contributed by atoms with van der Waals surface area (Å²) in [7, 11) is 1.98. The maximum atomic E-state index is 6.34. The van der Waals surface area contributed by atoms with Gasteiger partial charge in [-0.2, -0.15) is 5.10 Å². The zero-order chi connectivity index (χ0) is 14.7. The summed E-state index contributed by atoms with van der Waals surface area (Å²) in [5.74, 6) is 1.04. The number of thiophene rings is 1. The topological polar surface area (TPSA) is 47.1 Å². The van der Waals surface area contributed by atoms with Crippen LogP contribution in [0, 0.1) is 0 Å². The molecule has 2 aromatic heterocycles. The molecule has 0 saturated carbocycles. The van der Waals surface area contributed by atoms with Gasteiger partial charge in [0, 0.05) is 18.0 Å². The van der Waals surface area contributed by atoms with Gasteiger partial charge in [0.25, 0.3) is 0 Å². The highest BCUT2D eigenvalue weighted by Gasteiger charge is 2.21. The van der Waals surface area contributed by atoms with Crippen LogP contribution in [0.4, 0.5) is 11.5 Å². The van der Waals surface area contributed by atoms with Crippen LogP contribution < -0.4 is 10.6 Å². The SMILES string of the molecule is CCCc1nn(C)c(N(Cc2cccs2)C(C)C)c1N. The van der Waals surface area contributed by atoms with Crippen LogP contribution in [0.15, 0.2) is 17.5 Å². The van der Waals surface area contributed by atoms with Gasteiger partial charge in [0.2, 0.25) is 0 Å². The van der Waals surface area contributed by atoms with Gasteiger partial charge in [-0.05, 0) is 31.7 Å². The summed E-state index contributed by atoms with van der Waals surface area (Å²) in [5.41, 5.74) is 8.18. The second-order valence-corrected chi connectivity index (χ2v) is 6.39. The van der Waals surface area contributed by atoms with Gasteiger partial charge in [0.05, 0.1) is 17.9 Å². The van der Waals surface area contributed by atoms with Gasteiger partial charge in [0.1, 0.15) is 0 Å². The van der Waals surface area contributed by atoms with Crippen molar-refractivity contribution in [1.29, 1.82) is 0 Å². The fourth-order valence-corrected chi connectivity index (χ4v) is 3.12. The number of nitrogens with two attached hydrogens (primary N) is 1. The Kier molecular flexibility index (Phi) is 4.70. The minimum Gasteiger partial charge on any atom is -0.394 e. The Hall–Kier alpha value is -1.49. The van der Waals surface area contributed by atoms with E-state index in [2.05, 4.69) is 48.3 Å². The Balaban J connectivity index is 2.34. The van der Waals surface area contributed by atoms with Crippen molar-refractivity contribution in [2.75, 3.05) is 10.6 Å². The monoisotopic (exact) mass is 292 g/mol. The molecule has 110 valence electrons. The first kappa shape index (κ1) is 14.9. The average Bonchev–Trinajstić information content (AvgIpc) is 2.98. The van der Waals surface area contributed by atoms with Crippen LogP contribution in [-0.2, 0) is 20.0 Å². The lowest BCUT2D eigenvalue weighted by Crippen LogP contribution is -2.32. The van der Waals surface area contributed by atoms with Crippen LogP contribution in [0.1, 0.15) is 37.8 Å². The maximum absolute atomic E-state index is 6.34. The van der Waals surface area contributed by atoms with Crippen molar-refractivity contribution in [1.82, 2.24) is 9.78 Å².